The molecule has 1 heterocycles. The standard InChI is InChI=1S/C20H22N2O4/c1-22-18(23)11-13-6-4-5-7-16(13)19(22)20(24)21-12-14-10-15(25-2)8-9-17(14)26-3/h4-10,19H,11-12H2,1-3H3,(H,21,24)/t19-/m0/s1. The molecule has 1 N–H and O–H groups in total. The van der Waals surface area contributed by atoms with Gasteiger partial charge in [0.2, 0.25) is 11.8 Å². The van der Waals surface area contributed by atoms with Crippen molar-refractivity contribution in [3.05, 3.63) is 59.2 Å². The summed E-state index contributed by atoms with van der Waals surface area (Å²) in [7, 11) is 4.83. The van der Waals surface area contributed by atoms with Crippen molar-refractivity contribution in [1.29, 1.82) is 0 Å². The van der Waals surface area contributed by atoms with E-state index < -0.39 is 6.04 Å². The van der Waals surface area contributed by atoms with Gasteiger partial charge in [0, 0.05) is 19.2 Å². The number of benzene rings is 2. The topological polar surface area (TPSA) is 67.9 Å². The lowest BCUT2D eigenvalue weighted by molar-refractivity contribution is -0.140. The van der Waals surface area contributed by atoms with E-state index in [1.807, 2.05) is 30.3 Å². The lowest BCUT2D eigenvalue weighted by Gasteiger charge is -2.33. The molecule has 2 aromatic carbocycles. The maximum atomic E-state index is 12.9. The number of nitrogens with zero attached hydrogens (tertiary/aromatic N) is 1. The van der Waals surface area contributed by atoms with Crippen LogP contribution in [-0.2, 0) is 22.6 Å². The predicted octanol–water partition coefficient (Wildman–Crippen LogP) is 2.08. The van der Waals surface area contributed by atoms with E-state index in [2.05, 4.69) is 5.32 Å². The number of amides is 2. The van der Waals surface area contributed by atoms with Gasteiger partial charge in [0.05, 0.1) is 20.6 Å². The smallest absolute Gasteiger partial charge is 0.247 e. The Morgan fingerprint density at radius 2 is 1.96 bits per heavy atom. The highest BCUT2D eigenvalue weighted by molar-refractivity contribution is 5.92. The molecule has 6 heteroatoms. The van der Waals surface area contributed by atoms with E-state index in [0.29, 0.717) is 17.9 Å². The number of carbonyl (C=O) groups is 2. The molecule has 136 valence electrons. The van der Waals surface area contributed by atoms with Crippen LogP contribution in [0.15, 0.2) is 42.5 Å². The monoisotopic (exact) mass is 354 g/mol. The molecule has 0 fully saturated rings. The zero-order valence-electron chi connectivity index (χ0n) is 15.1. The minimum Gasteiger partial charge on any atom is -0.497 e. The van der Waals surface area contributed by atoms with Gasteiger partial charge in [0.1, 0.15) is 17.5 Å². The Hall–Kier alpha value is -3.02. The van der Waals surface area contributed by atoms with Gasteiger partial charge in [-0.2, -0.15) is 0 Å². The molecule has 0 bridgehead atoms. The molecule has 0 unspecified atom stereocenters. The van der Waals surface area contributed by atoms with Crippen LogP contribution in [-0.4, -0.2) is 38.0 Å². The third-order valence-electron chi connectivity index (χ3n) is 4.66. The van der Waals surface area contributed by atoms with Crippen molar-refractivity contribution in [1.82, 2.24) is 10.2 Å². The van der Waals surface area contributed by atoms with Gasteiger partial charge in [-0.15, -0.1) is 0 Å². The van der Waals surface area contributed by atoms with Crippen molar-refractivity contribution < 1.29 is 19.1 Å². The van der Waals surface area contributed by atoms with Crippen molar-refractivity contribution in [2.45, 2.75) is 19.0 Å². The zero-order valence-corrected chi connectivity index (χ0v) is 15.1. The molecule has 3 rings (SSSR count). The lowest BCUT2D eigenvalue weighted by Crippen LogP contribution is -2.45. The first-order valence-corrected chi connectivity index (χ1v) is 8.37. The minimum absolute atomic E-state index is 0.0668. The van der Waals surface area contributed by atoms with Crippen molar-refractivity contribution in [2.75, 3.05) is 21.3 Å². The van der Waals surface area contributed by atoms with Crippen LogP contribution in [0.3, 0.4) is 0 Å². The van der Waals surface area contributed by atoms with E-state index in [1.165, 1.54) is 4.90 Å². The van der Waals surface area contributed by atoms with Gasteiger partial charge in [-0.1, -0.05) is 24.3 Å². The van der Waals surface area contributed by atoms with E-state index >= 15 is 0 Å². The zero-order chi connectivity index (χ0) is 18.7. The summed E-state index contributed by atoms with van der Waals surface area (Å²) in [5.41, 5.74) is 2.57. The van der Waals surface area contributed by atoms with Crippen LogP contribution in [0, 0.1) is 0 Å². The highest BCUT2D eigenvalue weighted by Gasteiger charge is 2.34. The first kappa shape index (κ1) is 17.8. The summed E-state index contributed by atoms with van der Waals surface area (Å²) in [6.45, 7) is 0.278. The van der Waals surface area contributed by atoms with Gasteiger partial charge >= 0.3 is 0 Å². The molecule has 0 aromatic heterocycles. The number of hydrogen-bond acceptors (Lipinski definition) is 4. The van der Waals surface area contributed by atoms with E-state index in [4.69, 9.17) is 9.47 Å². The molecule has 0 saturated carbocycles. The average Bonchev–Trinajstić information content (AvgIpc) is 2.66. The van der Waals surface area contributed by atoms with Gasteiger partial charge < -0.3 is 19.7 Å². The van der Waals surface area contributed by atoms with Crippen LogP contribution in [0.2, 0.25) is 0 Å². The molecule has 0 radical (unpaired) electrons. The SMILES string of the molecule is COc1ccc(OC)c(CNC(=O)[C@@H]2c3ccccc3CC(=O)N2C)c1. The van der Waals surface area contributed by atoms with Crippen molar-refractivity contribution in [3.63, 3.8) is 0 Å². The van der Waals surface area contributed by atoms with E-state index in [0.717, 1.165) is 16.7 Å². The van der Waals surface area contributed by atoms with Gasteiger partial charge in [-0.25, -0.2) is 0 Å². The molecule has 26 heavy (non-hydrogen) atoms. The maximum absolute atomic E-state index is 12.9. The molecule has 2 amide bonds. The number of methoxy groups -OCH3 is 2. The third-order valence-corrected chi connectivity index (χ3v) is 4.66. The van der Waals surface area contributed by atoms with Crippen LogP contribution in [0.25, 0.3) is 0 Å². The largest absolute Gasteiger partial charge is 0.497 e. The number of carbonyl (C=O) groups excluding carboxylic acids is 2. The normalized spacial score (nSPS) is 16.0. The second-order valence-electron chi connectivity index (χ2n) is 6.18. The second kappa shape index (κ2) is 7.47. The molecule has 1 atom stereocenters. The Balaban J connectivity index is 1.81. The molecule has 0 aliphatic carbocycles. The summed E-state index contributed by atoms with van der Waals surface area (Å²) < 4.78 is 10.6. The number of likely N-dealkylation sites (N-methyl/N-ethyl adjacent to an activating group) is 1. The highest BCUT2D eigenvalue weighted by atomic mass is 16.5. The maximum Gasteiger partial charge on any atom is 0.247 e. The summed E-state index contributed by atoms with van der Waals surface area (Å²) in [6.07, 6.45) is 0.320. The lowest BCUT2D eigenvalue weighted by atomic mass is 9.92. The fraction of sp³-hybridized carbons (Fsp3) is 0.300. The Kier molecular flexibility index (Phi) is 5.11. The Bertz CT molecular complexity index is 834. The van der Waals surface area contributed by atoms with Gasteiger partial charge in [0.25, 0.3) is 0 Å². The van der Waals surface area contributed by atoms with E-state index in [-0.39, 0.29) is 18.4 Å². The number of ether oxygens (including phenoxy) is 2. The van der Waals surface area contributed by atoms with Crippen molar-refractivity contribution in [3.8, 4) is 11.5 Å². The fourth-order valence-corrected chi connectivity index (χ4v) is 3.22. The molecule has 0 spiro atoms. The molecule has 1 aliphatic rings. The van der Waals surface area contributed by atoms with Crippen LogP contribution >= 0.6 is 0 Å². The number of hydrogen-bond donors (Lipinski definition) is 1. The average molecular weight is 354 g/mol. The molecule has 2 aromatic rings. The summed E-state index contributed by atoms with van der Waals surface area (Å²) >= 11 is 0. The van der Waals surface area contributed by atoms with Gasteiger partial charge in [-0.05, 0) is 29.3 Å². The third kappa shape index (κ3) is 3.35. The summed E-state index contributed by atoms with van der Waals surface area (Å²) in [6, 6.07) is 12.3. The van der Waals surface area contributed by atoms with Crippen LogP contribution in [0.4, 0.5) is 0 Å². The van der Waals surface area contributed by atoms with E-state index in [9.17, 15) is 9.59 Å². The van der Waals surface area contributed by atoms with Crippen molar-refractivity contribution in [2.24, 2.45) is 0 Å². The fourth-order valence-electron chi connectivity index (χ4n) is 3.22. The van der Waals surface area contributed by atoms with Crippen LogP contribution < -0.4 is 14.8 Å². The summed E-state index contributed by atoms with van der Waals surface area (Å²) in [5.74, 6) is 1.06. The molecular weight excluding hydrogens is 332 g/mol. The van der Waals surface area contributed by atoms with Crippen LogP contribution in [0.5, 0.6) is 11.5 Å². The first-order chi connectivity index (χ1) is 12.5. The predicted molar refractivity (Wildman–Crippen MR) is 97.0 cm³/mol. The molecule has 6 nitrogen and oxygen atoms in total. The Labute approximate surface area is 152 Å². The van der Waals surface area contributed by atoms with Crippen LogP contribution in [0.1, 0.15) is 22.7 Å². The number of fused-ring (bicyclic) bond motifs is 1. The van der Waals surface area contributed by atoms with Gasteiger partial charge in [-0.3, -0.25) is 9.59 Å². The van der Waals surface area contributed by atoms with Gasteiger partial charge in [0.15, 0.2) is 0 Å². The van der Waals surface area contributed by atoms with E-state index in [1.54, 1.807) is 33.4 Å². The Morgan fingerprint density at radius 3 is 2.69 bits per heavy atom. The highest BCUT2D eigenvalue weighted by Crippen LogP contribution is 2.30. The summed E-state index contributed by atoms with van der Waals surface area (Å²) in [5, 5.41) is 2.92. The number of rotatable bonds is 5. The number of nitrogens with one attached hydrogen (secondary N) is 1. The second-order valence-corrected chi connectivity index (χ2v) is 6.18. The molecule has 0 saturated heterocycles. The summed E-state index contributed by atoms with van der Waals surface area (Å²) in [4.78, 5) is 26.6. The quantitative estimate of drug-likeness (QED) is 0.893. The first-order valence-electron chi connectivity index (χ1n) is 8.37. The minimum atomic E-state index is -0.635. The molecular formula is C20H22N2O4. The van der Waals surface area contributed by atoms with Crippen molar-refractivity contribution >= 4 is 11.8 Å². The molecule has 1 aliphatic heterocycles. The Morgan fingerprint density at radius 1 is 1.19 bits per heavy atom.